The number of anilines is 1. The Bertz CT molecular complexity index is 687. The number of benzene rings is 1. The molecule has 0 spiro atoms. The summed E-state index contributed by atoms with van der Waals surface area (Å²) in [5.41, 5.74) is 9.74. The fraction of sp³-hybridized carbons (Fsp3) is 0.250. The topological polar surface area (TPSA) is 71.9 Å². The van der Waals surface area contributed by atoms with E-state index in [0.29, 0.717) is 12.2 Å². The average molecular weight is 267 g/mol. The van der Waals surface area contributed by atoms with Gasteiger partial charge in [0.05, 0.1) is 6.61 Å². The molecule has 1 aromatic carbocycles. The quantitative estimate of drug-likeness (QED) is 0.926. The normalized spacial score (nSPS) is 10.1. The zero-order valence-corrected chi connectivity index (χ0v) is 11.9. The highest BCUT2D eigenvalue weighted by Gasteiger charge is 2.18. The predicted molar refractivity (Wildman–Crippen MR) is 79.4 cm³/mol. The van der Waals surface area contributed by atoms with E-state index in [9.17, 15) is 5.26 Å². The van der Waals surface area contributed by atoms with Gasteiger partial charge in [-0.05, 0) is 32.4 Å². The largest absolute Gasteiger partial charge is 0.493 e. The maximum absolute atomic E-state index is 9.39. The van der Waals surface area contributed by atoms with Gasteiger partial charge < -0.3 is 10.5 Å². The van der Waals surface area contributed by atoms with Crippen LogP contribution in [0, 0.1) is 25.2 Å². The SMILES string of the molecule is CCOc1ccccc1-c1c(C)c(C)nc(N)c1C#N. The number of aryl methyl sites for hydroxylation is 1. The van der Waals surface area contributed by atoms with Gasteiger partial charge in [-0.1, -0.05) is 18.2 Å². The van der Waals surface area contributed by atoms with Crippen molar-refractivity contribution in [3.63, 3.8) is 0 Å². The first-order chi connectivity index (χ1) is 9.60. The van der Waals surface area contributed by atoms with Crippen molar-refractivity contribution in [1.29, 1.82) is 5.26 Å². The van der Waals surface area contributed by atoms with Crippen LogP contribution in [0.3, 0.4) is 0 Å². The molecule has 0 aliphatic carbocycles. The Kier molecular flexibility index (Phi) is 3.90. The van der Waals surface area contributed by atoms with Crippen LogP contribution in [0.25, 0.3) is 11.1 Å². The number of hydrogen-bond acceptors (Lipinski definition) is 4. The second kappa shape index (κ2) is 5.62. The minimum Gasteiger partial charge on any atom is -0.493 e. The van der Waals surface area contributed by atoms with Crippen molar-refractivity contribution < 1.29 is 4.74 Å². The van der Waals surface area contributed by atoms with Gasteiger partial charge in [0, 0.05) is 16.8 Å². The third kappa shape index (κ3) is 2.30. The summed E-state index contributed by atoms with van der Waals surface area (Å²) in [6.07, 6.45) is 0. The van der Waals surface area contributed by atoms with Crippen LogP contribution in [-0.4, -0.2) is 11.6 Å². The Morgan fingerprint density at radius 2 is 2.00 bits per heavy atom. The molecule has 0 aliphatic heterocycles. The van der Waals surface area contributed by atoms with Crippen molar-refractivity contribution >= 4 is 5.82 Å². The van der Waals surface area contributed by atoms with E-state index in [1.165, 1.54) is 0 Å². The number of hydrogen-bond donors (Lipinski definition) is 1. The molecule has 0 atom stereocenters. The molecule has 2 N–H and O–H groups in total. The Balaban J connectivity index is 2.79. The highest BCUT2D eigenvalue weighted by molar-refractivity contribution is 5.82. The zero-order valence-electron chi connectivity index (χ0n) is 11.9. The second-order valence-electron chi connectivity index (χ2n) is 4.50. The van der Waals surface area contributed by atoms with Gasteiger partial charge in [0.1, 0.15) is 23.2 Å². The van der Waals surface area contributed by atoms with Crippen molar-refractivity contribution in [1.82, 2.24) is 4.98 Å². The van der Waals surface area contributed by atoms with Crippen LogP contribution in [0.4, 0.5) is 5.82 Å². The lowest BCUT2D eigenvalue weighted by Crippen LogP contribution is -2.04. The van der Waals surface area contributed by atoms with E-state index in [1.807, 2.05) is 45.0 Å². The maximum Gasteiger partial charge on any atom is 0.142 e. The molecule has 20 heavy (non-hydrogen) atoms. The summed E-state index contributed by atoms with van der Waals surface area (Å²) in [5, 5.41) is 9.39. The molecular formula is C16H17N3O. The summed E-state index contributed by atoms with van der Waals surface area (Å²) in [4.78, 5) is 4.22. The number of pyridine rings is 1. The van der Waals surface area contributed by atoms with Gasteiger partial charge in [-0.2, -0.15) is 5.26 Å². The number of rotatable bonds is 3. The summed E-state index contributed by atoms with van der Waals surface area (Å²) < 4.78 is 5.66. The van der Waals surface area contributed by atoms with E-state index in [2.05, 4.69) is 11.1 Å². The van der Waals surface area contributed by atoms with Gasteiger partial charge in [-0.25, -0.2) is 4.98 Å². The first kappa shape index (κ1) is 13.9. The molecule has 0 saturated carbocycles. The number of ether oxygens (including phenoxy) is 1. The molecular weight excluding hydrogens is 250 g/mol. The molecule has 1 heterocycles. The fourth-order valence-electron chi connectivity index (χ4n) is 2.22. The molecule has 2 rings (SSSR count). The van der Waals surface area contributed by atoms with E-state index in [4.69, 9.17) is 10.5 Å². The highest BCUT2D eigenvalue weighted by atomic mass is 16.5. The van der Waals surface area contributed by atoms with Gasteiger partial charge in [0.25, 0.3) is 0 Å². The molecule has 0 aliphatic rings. The monoisotopic (exact) mass is 267 g/mol. The van der Waals surface area contributed by atoms with Gasteiger partial charge >= 0.3 is 0 Å². The Morgan fingerprint density at radius 1 is 1.30 bits per heavy atom. The second-order valence-corrected chi connectivity index (χ2v) is 4.50. The first-order valence-electron chi connectivity index (χ1n) is 6.49. The van der Waals surface area contributed by atoms with Crippen molar-refractivity contribution in [2.24, 2.45) is 0 Å². The summed E-state index contributed by atoms with van der Waals surface area (Å²) in [7, 11) is 0. The molecule has 0 bridgehead atoms. The van der Waals surface area contributed by atoms with Gasteiger partial charge in [-0.3, -0.25) is 0 Å². The van der Waals surface area contributed by atoms with Crippen LogP contribution in [0.2, 0.25) is 0 Å². The van der Waals surface area contributed by atoms with E-state index < -0.39 is 0 Å². The smallest absolute Gasteiger partial charge is 0.142 e. The maximum atomic E-state index is 9.39. The molecule has 0 fully saturated rings. The lowest BCUT2D eigenvalue weighted by Gasteiger charge is -2.16. The Hall–Kier alpha value is -2.54. The highest BCUT2D eigenvalue weighted by Crippen LogP contribution is 2.37. The van der Waals surface area contributed by atoms with Crippen LogP contribution in [0.15, 0.2) is 24.3 Å². The van der Waals surface area contributed by atoms with Crippen molar-refractivity contribution in [3.8, 4) is 22.9 Å². The molecule has 2 aromatic rings. The standard InChI is InChI=1S/C16H17N3O/c1-4-20-14-8-6-5-7-12(14)15-10(2)11(3)19-16(18)13(15)9-17/h5-8H,4H2,1-3H3,(H2,18,19). The van der Waals surface area contributed by atoms with Crippen LogP contribution >= 0.6 is 0 Å². The van der Waals surface area contributed by atoms with E-state index in [1.54, 1.807) is 0 Å². The van der Waals surface area contributed by atoms with E-state index >= 15 is 0 Å². The summed E-state index contributed by atoms with van der Waals surface area (Å²) in [6, 6.07) is 9.82. The molecule has 0 radical (unpaired) electrons. The lowest BCUT2D eigenvalue weighted by atomic mass is 9.94. The number of nitrogens with two attached hydrogens (primary N) is 1. The van der Waals surface area contributed by atoms with Gasteiger partial charge in [0.2, 0.25) is 0 Å². The average Bonchev–Trinajstić information content (AvgIpc) is 2.44. The van der Waals surface area contributed by atoms with Crippen molar-refractivity contribution in [2.45, 2.75) is 20.8 Å². The Labute approximate surface area is 118 Å². The third-order valence-corrected chi connectivity index (χ3v) is 3.28. The van der Waals surface area contributed by atoms with Crippen molar-refractivity contribution in [3.05, 3.63) is 41.1 Å². The third-order valence-electron chi connectivity index (χ3n) is 3.28. The zero-order chi connectivity index (χ0) is 14.7. The molecule has 1 aromatic heterocycles. The molecule has 0 saturated heterocycles. The van der Waals surface area contributed by atoms with Gasteiger partial charge in [-0.15, -0.1) is 0 Å². The number of aromatic nitrogens is 1. The summed E-state index contributed by atoms with van der Waals surface area (Å²) in [5.74, 6) is 1.01. The number of para-hydroxylation sites is 1. The van der Waals surface area contributed by atoms with Crippen LogP contribution in [-0.2, 0) is 0 Å². The molecule has 0 unspecified atom stereocenters. The number of nitrogen functional groups attached to an aromatic ring is 1. The Morgan fingerprint density at radius 3 is 2.65 bits per heavy atom. The minimum absolute atomic E-state index is 0.261. The number of nitriles is 1. The predicted octanol–water partition coefficient (Wildman–Crippen LogP) is 3.22. The van der Waals surface area contributed by atoms with Gasteiger partial charge in [0.15, 0.2) is 0 Å². The van der Waals surface area contributed by atoms with Crippen LogP contribution in [0.1, 0.15) is 23.7 Å². The molecule has 102 valence electrons. The van der Waals surface area contributed by atoms with Crippen LogP contribution in [0.5, 0.6) is 5.75 Å². The summed E-state index contributed by atoms with van der Waals surface area (Å²) in [6.45, 7) is 6.33. The molecule has 0 amide bonds. The minimum atomic E-state index is 0.261. The lowest BCUT2D eigenvalue weighted by molar-refractivity contribution is 0.341. The van der Waals surface area contributed by atoms with Crippen LogP contribution < -0.4 is 10.5 Å². The molecule has 4 nitrogen and oxygen atoms in total. The molecule has 4 heteroatoms. The van der Waals surface area contributed by atoms with E-state index in [0.717, 1.165) is 28.1 Å². The first-order valence-corrected chi connectivity index (χ1v) is 6.49. The fourth-order valence-corrected chi connectivity index (χ4v) is 2.22. The van der Waals surface area contributed by atoms with E-state index in [-0.39, 0.29) is 5.82 Å². The van der Waals surface area contributed by atoms with Crippen molar-refractivity contribution in [2.75, 3.05) is 12.3 Å². The number of nitrogens with zero attached hydrogens (tertiary/aromatic N) is 2. The summed E-state index contributed by atoms with van der Waals surface area (Å²) >= 11 is 0.